The lowest BCUT2D eigenvalue weighted by molar-refractivity contribution is 0.415. The zero-order valence-corrected chi connectivity index (χ0v) is 32.6. The molecule has 0 amide bonds. The Morgan fingerprint density at radius 2 is 0.983 bits per heavy atom. The number of rotatable bonds is 10. The Morgan fingerprint density at radius 3 is 1.55 bits per heavy atom. The van der Waals surface area contributed by atoms with Crippen LogP contribution in [0.3, 0.4) is 0 Å². The Bertz CT molecular complexity index is 3330. The third kappa shape index (κ3) is 7.61. The molecule has 0 aliphatic carbocycles. The lowest BCUT2D eigenvalue weighted by Gasteiger charge is -2.10. The first-order valence-corrected chi connectivity index (χ1v) is 20.1. The molecule has 0 spiro atoms. The molecule has 0 bridgehead atoms. The van der Waals surface area contributed by atoms with Crippen LogP contribution >= 0.6 is 0 Å². The van der Waals surface area contributed by atoms with Crippen molar-refractivity contribution in [2.45, 2.75) is 4.90 Å². The predicted molar refractivity (Wildman–Crippen MR) is 236 cm³/mol. The van der Waals surface area contributed by atoms with Crippen molar-refractivity contribution in [1.82, 2.24) is 0 Å². The number of ether oxygens (including phenoxy) is 1. The molecule has 9 rings (SSSR count). The van der Waals surface area contributed by atoms with Crippen molar-refractivity contribution in [2.24, 2.45) is 30.7 Å². The second-order valence-electron chi connectivity index (χ2n) is 13.8. The average Bonchev–Trinajstić information content (AvgIpc) is 3.27. The maximum atomic E-state index is 12.0. The molecule has 292 valence electrons. The standard InChI is InChI=1S/C47H33N7O5S/c1-59-34-19-16-31(17-20-34)48-32-18-21-35-30(27-32)14-22-45(47(35)55)54-53-44-26-25-43(38-10-4-5-11-39(38)44)52-51-42-24-23-41(36-8-2-3-9-37(36)42)50-49-33-15-13-29-7-6-12-46(40(29)28-33)60(56,57)58/h2-28,48,55H,1H3,(H,56,57,58). The summed E-state index contributed by atoms with van der Waals surface area (Å²) in [5.74, 6) is 0.809. The number of fused-ring (bicyclic) bond motifs is 4. The zero-order chi connectivity index (χ0) is 41.2. The summed E-state index contributed by atoms with van der Waals surface area (Å²) >= 11 is 0. The molecule has 0 fully saturated rings. The number of aromatic hydroxyl groups is 1. The van der Waals surface area contributed by atoms with Gasteiger partial charge in [-0.3, -0.25) is 4.55 Å². The minimum Gasteiger partial charge on any atom is -0.505 e. The summed E-state index contributed by atoms with van der Waals surface area (Å²) < 4.78 is 38.9. The summed E-state index contributed by atoms with van der Waals surface area (Å²) in [4.78, 5) is -0.194. The fourth-order valence-corrected chi connectivity index (χ4v) is 7.74. The third-order valence-electron chi connectivity index (χ3n) is 10.0. The van der Waals surface area contributed by atoms with Gasteiger partial charge in [0, 0.05) is 43.7 Å². The highest BCUT2D eigenvalue weighted by molar-refractivity contribution is 7.86. The van der Waals surface area contributed by atoms with Gasteiger partial charge in [0.15, 0.2) is 5.75 Å². The van der Waals surface area contributed by atoms with Gasteiger partial charge in [0.2, 0.25) is 0 Å². The van der Waals surface area contributed by atoms with Crippen LogP contribution in [0.25, 0.3) is 43.1 Å². The number of azo groups is 3. The maximum Gasteiger partial charge on any atom is 0.295 e. The Balaban J connectivity index is 0.967. The molecule has 0 atom stereocenters. The van der Waals surface area contributed by atoms with Crippen molar-refractivity contribution >= 4 is 98.7 Å². The van der Waals surface area contributed by atoms with E-state index in [-0.39, 0.29) is 10.6 Å². The van der Waals surface area contributed by atoms with Gasteiger partial charge in [-0.2, -0.15) is 13.5 Å². The van der Waals surface area contributed by atoms with Crippen molar-refractivity contribution < 1.29 is 22.8 Å². The SMILES string of the molecule is COc1ccc(Nc2ccc3c(O)c(N=Nc4ccc(N=Nc5ccc(N=Nc6ccc7cccc(S(=O)(=O)O)c7c6)c6ccccc56)c5ccccc45)ccc3c2)cc1. The van der Waals surface area contributed by atoms with Crippen molar-refractivity contribution in [3.05, 3.63) is 164 Å². The molecule has 0 aliphatic rings. The molecule has 0 unspecified atom stereocenters. The summed E-state index contributed by atoms with van der Waals surface area (Å²) in [6.45, 7) is 0. The molecular weight excluding hydrogens is 775 g/mol. The van der Waals surface area contributed by atoms with Crippen LogP contribution in [0.2, 0.25) is 0 Å². The molecule has 60 heavy (non-hydrogen) atoms. The highest BCUT2D eigenvalue weighted by Gasteiger charge is 2.15. The van der Waals surface area contributed by atoms with Gasteiger partial charge in [-0.1, -0.05) is 72.8 Å². The summed E-state index contributed by atoms with van der Waals surface area (Å²) in [5.41, 5.74) is 4.98. The molecule has 12 nitrogen and oxygen atoms in total. The Hall–Kier alpha value is -7.87. The van der Waals surface area contributed by atoms with Crippen LogP contribution < -0.4 is 10.1 Å². The summed E-state index contributed by atoms with van der Waals surface area (Å²) in [7, 11) is -2.80. The van der Waals surface area contributed by atoms with Gasteiger partial charge in [0.05, 0.1) is 35.5 Å². The number of methoxy groups -OCH3 is 1. The predicted octanol–water partition coefficient (Wildman–Crippen LogP) is 14.3. The molecule has 0 heterocycles. The number of hydrogen-bond acceptors (Lipinski definition) is 11. The molecule has 0 saturated heterocycles. The Labute approximate surface area is 343 Å². The molecule has 9 aromatic carbocycles. The van der Waals surface area contributed by atoms with Gasteiger partial charge >= 0.3 is 0 Å². The second kappa shape index (κ2) is 15.8. The smallest absolute Gasteiger partial charge is 0.295 e. The average molecular weight is 808 g/mol. The van der Waals surface area contributed by atoms with E-state index < -0.39 is 10.1 Å². The van der Waals surface area contributed by atoms with E-state index in [4.69, 9.17) is 4.74 Å². The number of phenols is 1. The molecule has 0 radical (unpaired) electrons. The number of phenolic OH excluding ortho intramolecular Hbond substituents is 1. The van der Waals surface area contributed by atoms with E-state index in [1.807, 2.05) is 115 Å². The van der Waals surface area contributed by atoms with E-state index in [9.17, 15) is 18.1 Å². The van der Waals surface area contributed by atoms with Gasteiger partial charge < -0.3 is 15.2 Å². The third-order valence-corrected chi connectivity index (χ3v) is 10.9. The first kappa shape index (κ1) is 37.7. The minimum atomic E-state index is -4.43. The number of benzene rings is 9. The Kier molecular flexibility index (Phi) is 9.94. The number of nitrogens with zero attached hydrogens (tertiary/aromatic N) is 6. The van der Waals surface area contributed by atoms with Crippen molar-refractivity contribution in [3.63, 3.8) is 0 Å². The van der Waals surface area contributed by atoms with E-state index in [0.29, 0.717) is 50.3 Å². The molecular formula is C47H33N7O5S. The maximum absolute atomic E-state index is 12.0. The molecule has 0 saturated carbocycles. The van der Waals surface area contributed by atoms with Crippen LogP contribution in [0.1, 0.15) is 0 Å². The largest absolute Gasteiger partial charge is 0.505 e. The number of anilines is 2. The number of hydrogen-bond donors (Lipinski definition) is 3. The molecule has 9 aromatic rings. The van der Waals surface area contributed by atoms with Crippen LogP contribution in [-0.2, 0) is 10.1 Å². The quantitative estimate of drug-likeness (QED) is 0.0917. The highest BCUT2D eigenvalue weighted by atomic mass is 32.2. The van der Waals surface area contributed by atoms with Crippen LogP contribution in [0.15, 0.2) is 199 Å². The van der Waals surface area contributed by atoms with Gasteiger partial charge in [0.25, 0.3) is 10.1 Å². The van der Waals surface area contributed by atoms with E-state index in [2.05, 4.69) is 36.0 Å². The first-order chi connectivity index (χ1) is 29.2. The lowest BCUT2D eigenvalue weighted by atomic mass is 10.1. The van der Waals surface area contributed by atoms with Crippen molar-refractivity contribution in [3.8, 4) is 11.5 Å². The van der Waals surface area contributed by atoms with E-state index in [1.165, 1.54) is 6.07 Å². The lowest BCUT2D eigenvalue weighted by Crippen LogP contribution is -1.98. The van der Waals surface area contributed by atoms with Crippen molar-refractivity contribution in [1.29, 1.82) is 0 Å². The molecule has 3 N–H and O–H groups in total. The second-order valence-corrected chi connectivity index (χ2v) is 15.1. The van der Waals surface area contributed by atoms with E-state index in [0.717, 1.165) is 44.1 Å². The van der Waals surface area contributed by atoms with E-state index in [1.54, 1.807) is 49.6 Å². The summed E-state index contributed by atoms with van der Waals surface area (Å²) in [6, 6.07) is 49.4. The topological polar surface area (TPSA) is 170 Å². The minimum absolute atomic E-state index is 0.0321. The van der Waals surface area contributed by atoms with E-state index >= 15 is 0 Å². The summed E-state index contributed by atoms with van der Waals surface area (Å²) in [5, 5.41) is 47.5. The van der Waals surface area contributed by atoms with Crippen LogP contribution in [-0.4, -0.2) is 25.2 Å². The van der Waals surface area contributed by atoms with Gasteiger partial charge in [-0.25, -0.2) is 0 Å². The summed E-state index contributed by atoms with van der Waals surface area (Å²) in [6.07, 6.45) is 0. The van der Waals surface area contributed by atoms with Crippen molar-refractivity contribution in [2.75, 3.05) is 12.4 Å². The van der Waals surface area contributed by atoms with Crippen LogP contribution in [0.5, 0.6) is 11.5 Å². The van der Waals surface area contributed by atoms with Crippen LogP contribution in [0.4, 0.5) is 45.5 Å². The van der Waals surface area contributed by atoms with Gasteiger partial charge in [-0.05, 0) is 102 Å². The molecule has 0 aromatic heterocycles. The Morgan fingerprint density at radius 1 is 0.467 bits per heavy atom. The monoisotopic (exact) mass is 807 g/mol. The fraction of sp³-hybridized carbons (Fsp3) is 0.0213. The fourth-order valence-electron chi connectivity index (χ4n) is 7.03. The highest BCUT2D eigenvalue weighted by Crippen LogP contribution is 2.41. The van der Waals surface area contributed by atoms with Crippen LogP contribution in [0, 0.1) is 0 Å². The van der Waals surface area contributed by atoms with Gasteiger partial charge in [-0.15, -0.1) is 25.6 Å². The zero-order valence-electron chi connectivity index (χ0n) is 31.8. The number of nitrogens with one attached hydrogen (secondary N) is 1. The van der Waals surface area contributed by atoms with Gasteiger partial charge in [0.1, 0.15) is 16.3 Å². The molecule has 0 aliphatic heterocycles. The molecule has 13 heteroatoms. The first-order valence-electron chi connectivity index (χ1n) is 18.7. The normalized spacial score (nSPS) is 12.2.